The molecule has 0 aliphatic rings. The van der Waals surface area contributed by atoms with E-state index in [0.29, 0.717) is 25.7 Å². The number of phosphoric ester groups is 2. The maximum absolute atomic E-state index is 13.1. The van der Waals surface area contributed by atoms with Gasteiger partial charge in [0.15, 0.2) is 12.2 Å². The number of ether oxygens (including phenoxy) is 4. The van der Waals surface area contributed by atoms with Crippen LogP contribution in [0.3, 0.4) is 0 Å². The Bertz CT molecular complexity index is 1980. The van der Waals surface area contributed by atoms with Crippen LogP contribution in [0.4, 0.5) is 0 Å². The first kappa shape index (κ1) is 101. The summed E-state index contributed by atoms with van der Waals surface area (Å²) in [5.74, 6) is -0.518. The minimum Gasteiger partial charge on any atom is -0.462 e. The molecule has 0 fully saturated rings. The third kappa shape index (κ3) is 78.0. The minimum atomic E-state index is -4.96. The van der Waals surface area contributed by atoms with Crippen molar-refractivity contribution in [1.82, 2.24) is 0 Å². The summed E-state index contributed by atoms with van der Waals surface area (Å²) in [7, 11) is -9.92. The van der Waals surface area contributed by atoms with Gasteiger partial charge in [0.2, 0.25) is 0 Å². The van der Waals surface area contributed by atoms with Crippen molar-refractivity contribution in [2.45, 2.75) is 464 Å². The predicted octanol–water partition coefficient (Wildman–Crippen LogP) is 25.5. The summed E-state index contributed by atoms with van der Waals surface area (Å²) in [6.45, 7) is 9.69. The largest absolute Gasteiger partial charge is 0.472 e. The minimum absolute atomic E-state index is 0.107. The number of unbranched alkanes of at least 4 members (excludes halogenated alkanes) is 53. The van der Waals surface area contributed by atoms with Gasteiger partial charge in [0.25, 0.3) is 0 Å². The van der Waals surface area contributed by atoms with Crippen LogP contribution in [0.25, 0.3) is 0 Å². The van der Waals surface area contributed by atoms with E-state index in [4.69, 9.17) is 37.0 Å². The number of hydrogen-bond acceptors (Lipinski definition) is 15. The van der Waals surface area contributed by atoms with Crippen LogP contribution >= 0.6 is 15.6 Å². The van der Waals surface area contributed by atoms with E-state index in [2.05, 4.69) is 41.5 Å². The lowest BCUT2D eigenvalue weighted by atomic mass is 10.0. The highest BCUT2D eigenvalue weighted by Gasteiger charge is 2.30. The van der Waals surface area contributed by atoms with Crippen LogP contribution in [0.15, 0.2) is 0 Å². The monoisotopic (exact) mass is 1510 g/mol. The zero-order valence-electron chi connectivity index (χ0n) is 67.6. The van der Waals surface area contributed by atoms with Crippen LogP contribution in [0, 0.1) is 11.8 Å². The van der Waals surface area contributed by atoms with E-state index in [1.54, 1.807) is 0 Å². The molecule has 0 amide bonds. The van der Waals surface area contributed by atoms with Crippen LogP contribution in [0.1, 0.15) is 446 Å². The van der Waals surface area contributed by atoms with Crippen molar-refractivity contribution >= 4 is 39.5 Å². The molecule has 5 atom stereocenters. The Hall–Kier alpha value is -1.94. The van der Waals surface area contributed by atoms with E-state index in [9.17, 15) is 43.2 Å². The van der Waals surface area contributed by atoms with Gasteiger partial charge in [-0.15, -0.1) is 0 Å². The number of esters is 4. The van der Waals surface area contributed by atoms with Gasteiger partial charge in [-0.05, 0) is 37.5 Å². The number of aliphatic hydroxyl groups excluding tert-OH is 1. The zero-order chi connectivity index (χ0) is 75.6. The second-order valence-corrected chi connectivity index (χ2v) is 34.1. The van der Waals surface area contributed by atoms with Gasteiger partial charge in [-0.1, -0.05) is 395 Å². The Morgan fingerprint density at radius 2 is 0.447 bits per heavy atom. The number of aliphatic hydroxyl groups is 1. The van der Waals surface area contributed by atoms with E-state index >= 15 is 0 Å². The molecule has 0 radical (unpaired) electrons. The standard InChI is InChI=1S/C84H164O17P2/c1-7-9-11-13-15-17-19-20-21-22-23-24-28-31-37-43-49-55-61-67-82(87)95-73-80(101-83(88)68-62-56-50-44-38-32-29-26-25-27-30-35-40-46-52-58-64-76(3)4)75-99-103(92,93)97-71-78(85)70-96-102(90,91)98-74-79(72-94-81(86)66-60-54-48-42-18-16-14-12-10-8-2)100-84(89)69-63-57-51-45-39-34-33-36-41-47-53-59-65-77(5)6/h76-80,85H,7-75H2,1-6H3,(H,90,91)(H,92,93)/t78-,79+,80+/m0/s1. The first-order chi connectivity index (χ1) is 49.9. The summed E-state index contributed by atoms with van der Waals surface area (Å²) < 4.78 is 68.8. The van der Waals surface area contributed by atoms with Gasteiger partial charge in [0.05, 0.1) is 26.4 Å². The summed E-state index contributed by atoms with van der Waals surface area (Å²) in [4.78, 5) is 73.1. The lowest BCUT2D eigenvalue weighted by Gasteiger charge is -2.21. The number of rotatable bonds is 83. The molecular weight excluding hydrogens is 1340 g/mol. The van der Waals surface area contributed by atoms with E-state index in [0.717, 1.165) is 102 Å². The van der Waals surface area contributed by atoms with Crippen molar-refractivity contribution < 1.29 is 80.2 Å². The third-order valence-corrected chi connectivity index (χ3v) is 21.6. The van der Waals surface area contributed by atoms with Crippen molar-refractivity contribution in [3.8, 4) is 0 Å². The Kier molecular flexibility index (Phi) is 74.1. The molecule has 0 heterocycles. The van der Waals surface area contributed by atoms with Gasteiger partial charge in [0, 0.05) is 25.7 Å². The van der Waals surface area contributed by atoms with Gasteiger partial charge in [-0.25, -0.2) is 9.13 Å². The molecule has 17 nitrogen and oxygen atoms in total. The lowest BCUT2D eigenvalue weighted by molar-refractivity contribution is -0.161. The predicted molar refractivity (Wildman–Crippen MR) is 423 cm³/mol. The fourth-order valence-corrected chi connectivity index (χ4v) is 14.6. The SMILES string of the molecule is CCCCCCCCCCCCCCCCCCCCCC(=O)OC[C@H](COP(=O)(O)OC[C@@H](O)COP(=O)(O)OC[C@@H](COC(=O)CCCCCCCCCCCC)OC(=O)CCCCCCCCCCCCCCC(C)C)OC(=O)CCCCCCCCCCCCCCCCCCC(C)C. The van der Waals surface area contributed by atoms with Crippen LogP contribution in [0.2, 0.25) is 0 Å². The highest BCUT2D eigenvalue weighted by atomic mass is 31.2. The molecular formula is C84H164O17P2. The highest BCUT2D eigenvalue weighted by Crippen LogP contribution is 2.45. The molecule has 0 spiro atoms. The van der Waals surface area contributed by atoms with E-state index in [1.807, 2.05) is 0 Å². The van der Waals surface area contributed by atoms with Crippen LogP contribution in [-0.4, -0.2) is 96.7 Å². The molecule has 0 bridgehead atoms. The fraction of sp³-hybridized carbons (Fsp3) is 0.952. The van der Waals surface area contributed by atoms with Crippen molar-refractivity contribution in [3.63, 3.8) is 0 Å². The number of phosphoric acid groups is 2. The van der Waals surface area contributed by atoms with Crippen LogP contribution in [0.5, 0.6) is 0 Å². The van der Waals surface area contributed by atoms with E-state index < -0.39 is 97.5 Å². The van der Waals surface area contributed by atoms with Crippen molar-refractivity contribution in [2.24, 2.45) is 11.8 Å². The molecule has 612 valence electrons. The van der Waals surface area contributed by atoms with Gasteiger partial charge in [-0.2, -0.15) is 0 Å². The molecule has 19 heteroatoms. The Labute approximate surface area is 632 Å². The average molecular weight is 1510 g/mol. The maximum atomic E-state index is 13.1. The Morgan fingerprint density at radius 1 is 0.262 bits per heavy atom. The maximum Gasteiger partial charge on any atom is 0.472 e. The molecule has 103 heavy (non-hydrogen) atoms. The molecule has 0 aromatic carbocycles. The second-order valence-electron chi connectivity index (χ2n) is 31.2. The van der Waals surface area contributed by atoms with Crippen LogP contribution in [-0.2, 0) is 65.4 Å². The Balaban J connectivity index is 5.23. The molecule has 0 aliphatic carbocycles. The topological polar surface area (TPSA) is 237 Å². The second kappa shape index (κ2) is 75.5. The summed E-state index contributed by atoms with van der Waals surface area (Å²) in [5.41, 5.74) is 0. The molecule has 2 unspecified atom stereocenters. The van der Waals surface area contributed by atoms with Gasteiger partial charge in [-0.3, -0.25) is 37.3 Å². The Morgan fingerprint density at radius 3 is 0.660 bits per heavy atom. The lowest BCUT2D eigenvalue weighted by Crippen LogP contribution is -2.30. The molecule has 0 saturated heterocycles. The number of hydrogen-bond donors (Lipinski definition) is 3. The van der Waals surface area contributed by atoms with E-state index in [1.165, 1.54) is 263 Å². The summed E-state index contributed by atoms with van der Waals surface area (Å²) >= 11 is 0. The summed E-state index contributed by atoms with van der Waals surface area (Å²) in [6, 6.07) is 0. The van der Waals surface area contributed by atoms with Gasteiger partial charge >= 0.3 is 39.5 Å². The molecule has 0 aromatic heterocycles. The van der Waals surface area contributed by atoms with Gasteiger partial charge in [0.1, 0.15) is 19.3 Å². The van der Waals surface area contributed by atoms with E-state index in [-0.39, 0.29) is 25.7 Å². The van der Waals surface area contributed by atoms with Crippen molar-refractivity contribution in [1.29, 1.82) is 0 Å². The molecule has 3 N–H and O–H groups in total. The zero-order valence-corrected chi connectivity index (χ0v) is 69.4. The van der Waals surface area contributed by atoms with Crippen molar-refractivity contribution in [3.05, 3.63) is 0 Å². The molecule has 0 aliphatic heterocycles. The normalized spacial score (nSPS) is 13.9. The first-order valence-electron chi connectivity index (χ1n) is 43.5. The molecule has 0 saturated carbocycles. The first-order valence-corrected chi connectivity index (χ1v) is 46.5. The van der Waals surface area contributed by atoms with Crippen molar-refractivity contribution in [2.75, 3.05) is 39.6 Å². The summed E-state index contributed by atoms with van der Waals surface area (Å²) in [5, 5.41) is 10.7. The third-order valence-electron chi connectivity index (χ3n) is 19.7. The van der Waals surface area contributed by atoms with Crippen LogP contribution < -0.4 is 0 Å². The fourth-order valence-electron chi connectivity index (χ4n) is 13.1. The molecule has 0 aromatic rings. The summed E-state index contributed by atoms with van der Waals surface area (Å²) in [6.07, 6.45) is 66.6. The number of carbonyl (C=O) groups excluding carboxylic acids is 4. The van der Waals surface area contributed by atoms with Gasteiger partial charge < -0.3 is 33.8 Å². The highest BCUT2D eigenvalue weighted by molar-refractivity contribution is 7.47. The smallest absolute Gasteiger partial charge is 0.462 e. The average Bonchev–Trinajstić information content (AvgIpc) is 0.961. The molecule has 0 rings (SSSR count). The quantitative estimate of drug-likeness (QED) is 0.0222. The number of carbonyl (C=O) groups is 4.